The van der Waals surface area contributed by atoms with Gasteiger partial charge in [0, 0.05) is 0 Å². The Morgan fingerprint density at radius 3 is 2.93 bits per heavy atom. The molecule has 0 spiro atoms. The average Bonchev–Trinajstić information content (AvgIpc) is 2.41. The zero-order chi connectivity index (χ0) is 9.97. The second-order valence-electron chi connectivity index (χ2n) is 4.05. The second kappa shape index (κ2) is 3.95. The number of aliphatic carboxylic acids is 1. The van der Waals surface area contributed by atoms with Crippen LogP contribution in [0, 0.1) is 5.92 Å². The standard InChI is InChI=1S/C11H15NO2/c13-11(14)10-7-6-8-4-2-1-3-5-9(8)12-10/h6-9H,1-5H2,(H,13,14). The van der Waals surface area contributed by atoms with Gasteiger partial charge in [-0.25, -0.2) is 4.79 Å². The van der Waals surface area contributed by atoms with Crippen LogP contribution in [0.2, 0.25) is 0 Å². The van der Waals surface area contributed by atoms with Gasteiger partial charge in [-0.3, -0.25) is 4.99 Å². The molecule has 2 aliphatic rings. The highest BCUT2D eigenvalue weighted by atomic mass is 16.4. The molecule has 1 saturated carbocycles. The van der Waals surface area contributed by atoms with E-state index in [-0.39, 0.29) is 11.8 Å². The summed E-state index contributed by atoms with van der Waals surface area (Å²) in [6.07, 6.45) is 9.61. The lowest BCUT2D eigenvalue weighted by atomic mass is 9.92. The SMILES string of the molecule is O=C(O)C1=NC2CCCCCC2C=C1. The molecular formula is C11H15NO2. The van der Waals surface area contributed by atoms with Gasteiger partial charge in [0.05, 0.1) is 6.04 Å². The first-order chi connectivity index (χ1) is 6.77. The largest absolute Gasteiger partial charge is 0.477 e. The summed E-state index contributed by atoms with van der Waals surface area (Å²) in [5.74, 6) is -0.412. The third-order valence-corrected chi connectivity index (χ3v) is 3.06. The molecule has 1 fully saturated rings. The van der Waals surface area contributed by atoms with E-state index in [2.05, 4.69) is 4.99 Å². The first-order valence-electron chi connectivity index (χ1n) is 5.26. The Hall–Kier alpha value is -1.12. The van der Waals surface area contributed by atoms with Crippen molar-refractivity contribution in [3.05, 3.63) is 12.2 Å². The molecule has 1 N–H and O–H groups in total. The maximum atomic E-state index is 10.7. The minimum Gasteiger partial charge on any atom is -0.477 e. The Kier molecular flexibility index (Phi) is 2.66. The first-order valence-corrected chi connectivity index (χ1v) is 5.26. The molecule has 1 heterocycles. The third kappa shape index (κ3) is 1.86. The number of carbonyl (C=O) groups is 1. The van der Waals surface area contributed by atoms with Gasteiger partial charge in [0.2, 0.25) is 0 Å². The number of carboxylic acid groups (broad SMARTS) is 1. The van der Waals surface area contributed by atoms with Crippen molar-refractivity contribution < 1.29 is 9.90 Å². The fraction of sp³-hybridized carbons (Fsp3) is 0.636. The molecule has 2 atom stereocenters. The number of fused-ring (bicyclic) bond motifs is 1. The van der Waals surface area contributed by atoms with E-state index in [1.54, 1.807) is 6.08 Å². The fourth-order valence-electron chi connectivity index (χ4n) is 2.26. The Labute approximate surface area is 83.5 Å². The highest BCUT2D eigenvalue weighted by Gasteiger charge is 2.25. The van der Waals surface area contributed by atoms with Crippen molar-refractivity contribution in [2.24, 2.45) is 10.9 Å². The molecule has 0 saturated heterocycles. The van der Waals surface area contributed by atoms with Gasteiger partial charge in [0.15, 0.2) is 0 Å². The maximum Gasteiger partial charge on any atom is 0.354 e. The van der Waals surface area contributed by atoms with Crippen LogP contribution in [0.4, 0.5) is 0 Å². The van der Waals surface area contributed by atoms with Crippen LogP contribution < -0.4 is 0 Å². The van der Waals surface area contributed by atoms with Crippen LogP contribution >= 0.6 is 0 Å². The van der Waals surface area contributed by atoms with Crippen LogP contribution in [0.1, 0.15) is 32.1 Å². The van der Waals surface area contributed by atoms with Crippen LogP contribution in [0.3, 0.4) is 0 Å². The lowest BCUT2D eigenvalue weighted by molar-refractivity contribution is -0.129. The number of carboxylic acids is 1. The van der Waals surface area contributed by atoms with E-state index in [0.717, 1.165) is 12.8 Å². The van der Waals surface area contributed by atoms with Crippen LogP contribution in [-0.2, 0) is 4.79 Å². The van der Waals surface area contributed by atoms with Crippen LogP contribution in [-0.4, -0.2) is 22.8 Å². The lowest BCUT2D eigenvalue weighted by Crippen LogP contribution is -2.24. The normalized spacial score (nSPS) is 31.6. The van der Waals surface area contributed by atoms with Gasteiger partial charge in [0.25, 0.3) is 0 Å². The Morgan fingerprint density at radius 2 is 2.14 bits per heavy atom. The van der Waals surface area contributed by atoms with Crippen molar-refractivity contribution in [2.75, 3.05) is 0 Å². The van der Waals surface area contributed by atoms with E-state index in [4.69, 9.17) is 5.11 Å². The number of hydrogen-bond acceptors (Lipinski definition) is 2. The number of rotatable bonds is 1. The minimum absolute atomic E-state index is 0.230. The molecule has 1 aliphatic heterocycles. The first kappa shape index (κ1) is 9.44. The molecule has 3 heteroatoms. The molecule has 0 bridgehead atoms. The van der Waals surface area contributed by atoms with Crippen molar-refractivity contribution in [3.63, 3.8) is 0 Å². The Balaban J connectivity index is 2.15. The molecular weight excluding hydrogens is 178 g/mol. The van der Waals surface area contributed by atoms with Crippen LogP contribution in [0.5, 0.6) is 0 Å². The van der Waals surface area contributed by atoms with Gasteiger partial charge in [-0.1, -0.05) is 25.3 Å². The zero-order valence-corrected chi connectivity index (χ0v) is 8.15. The van der Waals surface area contributed by atoms with Crippen molar-refractivity contribution in [3.8, 4) is 0 Å². The molecule has 1 aliphatic carbocycles. The monoisotopic (exact) mass is 193 g/mol. The molecule has 0 amide bonds. The van der Waals surface area contributed by atoms with Crippen molar-refractivity contribution in [1.29, 1.82) is 0 Å². The molecule has 2 unspecified atom stereocenters. The molecule has 3 nitrogen and oxygen atoms in total. The van der Waals surface area contributed by atoms with Crippen molar-refractivity contribution in [2.45, 2.75) is 38.1 Å². The quantitative estimate of drug-likeness (QED) is 0.692. The maximum absolute atomic E-state index is 10.7. The molecule has 14 heavy (non-hydrogen) atoms. The number of dihydropyridines is 1. The Bertz CT molecular complexity index is 294. The zero-order valence-electron chi connectivity index (χ0n) is 8.15. The number of nitrogens with zero attached hydrogens (tertiary/aromatic N) is 1. The van der Waals surface area contributed by atoms with Gasteiger partial charge >= 0.3 is 5.97 Å². The van der Waals surface area contributed by atoms with Crippen LogP contribution in [0.15, 0.2) is 17.1 Å². The fourth-order valence-corrected chi connectivity index (χ4v) is 2.26. The number of hydrogen-bond donors (Lipinski definition) is 1. The third-order valence-electron chi connectivity index (χ3n) is 3.06. The van der Waals surface area contributed by atoms with Crippen molar-refractivity contribution >= 4 is 11.7 Å². The predicted molar refractivity (Wildman–Crippen MR) is 54.6 cm³/mol. The summed E-state index contributed by atoms with van der Waals surface area (Å²) in [5, 5.41) is 8.82. The van der Waals surface area contributed by atoms with Gasteiger partial charge in [0.1, 0.15) is 5.71 Å². The summed E-state index contributed by atoms with van der Waals surface area (Å²) in [6, 6.07) is 0.230. The average molecular weight is 193 g/mol. The summed E-state index contributed by atoms with van der Waals surface area (Å²) in [7, 11) is 0. The Morgan fingerprint density at radius 1 is 1.36 bits per heavy atom. The molecule has 0 aromatic rings. The topological polar surface area (TPSA) is 49.7 Å². The van der Waals surface area contributed by atoms with E-state index in [0.29, 0.717) is 5.92 Å². The van der Waals surface area contributed by atoms with Gasteiger partial charge in [-0.15, -0.1) is 0 Å². The van der Waals surface area contributed by atoms with E-state index in [1.807, 2.05) is 6.08 Å². The molecule has 76 valence electrons. The van der Waals surface area contributed by atoms with E-state index in [1.165, 1.54) is 19.3 Å². The highest BCUT2D eigenvalue weighted by molar-refractivity contribution is 6.40. The molecule has 0 radical (unpaired) electrons. The smallest absolute Gasteiger partial charge is 0.354 e. The lowest BCUT2D eigenvalue weighted by Gasteiger charge is -2.21. The predicted octanol–water partition coefficient (Wildman–Crippen LogP) is 2.03. The van der Waals surface area contributed by atoms with Gasteiger partial charge in [-0.05, 0) is 24.8 Å². The number of aliphatic imine (C=N–C) groups is 1. The summed E-state index contributed by atoms with van der Waals surface area (Å²) in [6.45, 7) is 0. The van der Waals surface area contributed by atoms with E-state index < -0.39 is 5.97 Å². The van der Waals surface area contributed by atoms with E-state index in [9.17, 15) is 4.79 Å². The highest BCUT2D eigenvalue weighted by Crippen LogP contribution is 2.29. The van der Waals surface area contributed by atoms with E-state index >= 15 is 0 Å². The molecule has 0 aromatic heterocycles. The summed E-state index contributed by atoms with van der Waals surface area (Å²) >= 11 is 0. The second-order valence-corrected chi connectivity index (χ2v) is 4.05. The summed E-state index contributed by atoms with van der Waals surface area (Å²) in [5.41, 5.74) is 0.230. The molecule has 2 rings (SSSR count). The van der Waals surface area contributed by atoms with Crippen molar-refractivity contribution in [1.82, 2.24) is 0 Å². The van der Waals surface area contributed by atoms with Crippen LogP contribution in [0.25, 0.3) is 0 Å². The molecule has 0 aromatic carbocycles. The van der Waals surface area contributed by atoms with Gasteiger partial charge in [-0.2, -0.15) is 0 Å². The minimum atomic E-state index is -0.899. The van der Waals surface area contributed by atoms with Gasteiger partial charge < -0.3 is 5.11 Å². The summed E-state index contributed by atoms with van der Waals surface area (Å²) < 4.78 is 0. The summed E-state index contributed by atoms with van der Waals surface area (Å²) in [4.78, 5) is 15.0.